The lowest BCUT2D eigenvalue weighted by Crippen LogP contribution is -2.24. The number of hydrogen-bond acceptors (Lipinski definition) is 5. The molecule has 0 aliphatic carbocycles. The maximum atomic E-state index is 12.2. The molecule has 2 N–H and O–H groups in total. The van der Waals surface area contributed by atoms with Crippen LogP contribution in [0.25, 0.3) is 11.3 Å². The number of sulfonamides is 1. The van der Waals surface area contributed by atoms with Crippen LogP contribution in [0.4, 0.5) is 5.69 Å². The monoisotopic (exact) mass is 413 g/mol. The number of nitrogens with one attached hydrogen (secondary N) is 2. The second kappa shape index (κ2) is 8.91. The molecule has 0 spiro atoms. The topological polar surface area (TPSA) is 101 Å². The van der Waals surface area contributed by atoms with E-state index in [9.17, 15) is 13.2 Å². The van der Waals surface area contributed by atoms with Gasteiger partial charge in [-0.25, -0.2) is 13.4 Å². The van der Waals surface area contributed by atoms with Crippen molar-refractivity contribution in [1.82, 2.24) is 10.3 Å². The highest BCUT2D eigenvalue weighted by atomic mass is 32.2. The van der Waals surface area contributed by atoms with Crippen molar-refractivity contribution >= 4 is 21.6 Å². The maximum Gasteiger partial charge on any atom is 0.229 e. The van der Waals surface area contributed by atoms with Crippen molar-refractivity contribution < 1.29 is 17.6 Å². The van der Waals surface area contributed by atoms with E-state index < -0.39 is 10.0 Å². The van der Waals surface area contributed by atoms with Crippen LogP contribution in [0.2, 0.25) is 0 Å². The number of anilines is 1. The zero-order valence-electron chi connectivity index (χ0n) is 16.3. The van der Waals surface area contributed by atoms with Gasteiger partial charge in [0.05, 0.1) is 18.1 Å². The molecule has 0 bridgehead atoms. The first kappa shape index (κ1) is 20.6. The molecule has 3 rings (SSSR count). The average Bonchev–Trinajstić information content (AvgIpc) is 3.14. The number of benzene rings is 2. The maximum absolute atomic E-state index is 12.2. The smallest absolute Gasteiger partial charge is 0.229 e. The summed E-state index contributed by atoms with van der Waals surface area (Å²) in [4.78, 5) is 16.4. The van der Waals surface area contributed by atoms with Crippen LogP contribution in [0.15, 0.2) is 59.1 Å². The second-order valence-corrected chi connectivity index (χ2v) is 8.54. The summed E-state index contributed by atoms with van der Waals surface area (Å²) in [7, 11) is -3.39. The van der Waals surface area contributed by atoms with Crippen molar-refractivity contribution in [3.05, 3.63) is 71.7 Å². The molecule has 7 nitrogen and oxygen atoms in total. The number of carbonyl (C=O) groups is 1. The van der Waals surface area contributed by atoms with Gasteiger partial charge in [-0.2, -0.15) is 0 Å². The highest BCUT2D eigenvalue weighted by Crippen LogP contribution is 2.21. The van der Waals surface area contributed by atoms with E-state index in [1.165, 1.54) is 5.56 Å². The van der Waals surface area contributed by atoms with Crippen LogP contribution in [0.3, 0.4) is 0 Å². The fourth-order valence-electron chi connectivity index (χ4n) is 2.75. The number of carbonyl (C=O) groups excluding carboxylic acids is 1. The Hall–Kier alpha value is -3.13. The zero-order chi connectivity index (χ0) is 20.9. The summed E-state index contributed by atoms with van der Waals surface area (Å²) in [5.74, 6) is 0.991. The van der Waals surface area contributed by atoms with Crippen LogP contribution in [0.1, 0.15) is 23.4 Å². The number of aromatic nitrogens is 1. The Balaban J connectivity index is 1.53. The Kier molecular flexibility index (Phi) is 6.33. The molecule has 0 aliphatic heterocycles. The molecule has 0 unspecified atom stereocenters. The quantitative estimate of drug-likeness (QED) is 0.590. The standard InChI is InChI=1S/C21H23N3O4S/c1-15-7-9-16(10-8-15)19-14-23-21(28-19)12-11-20(25)22-13-17-5-3-4-6-18(17)24-29(2,26)27/h3-10,14,24H,11-13H2,1-2H3,(H,22,25). The van der Waals surface area contributed by atoms with Crippen molar-refractivity contribution in [2.45, 2.75) is 26.3 Å². The molecule has 1 aromatic heterocycles. The van der Waals surface area contributed by atoms with Gasteiger partial charge < -0.3 is 9.73 Å². The van der Waals surface area contributed by atoms with Gasteiger partial charge in [-0.15, -0.1) is 0 Å². The number of nitrogens with zero attached hydrogens (tertiary/aromatic N) is 1. The predicted octanol–water partition coefficient (Wildman–Crippen LogP) is 3.27. The summed E-state index contributed by atoms with van der Waals surface area (Å²) in [5, 5.41) is 2.80. The molecule has 0 fully saturated rings. The Morgan fingerprint density at radius 2 is 1.83 bits per heavy atom. The number of oxazole rings is 1. The molecule has 8 heteroatoms. The zero-order valence-corrected chi connectivity index (χ0v) is 17.1. The van der Waals surface area contributed by atoms with E-state index >= 15 is 0 Å². The fourth-order valence-corrected chi connectivity index (χ4v) is 3.35. The summed E-state index contributed by atoms with van der Waals surface area (Å²) in [6.07, 6.45) is 3.34. The van der Waals surface area contributed by atoms with Crippen LogP contribution in [0, 0.1) is 6.92 Å². The summed E-state index contributed by atoms with van der Waals surface area (Å²) in [6, 6.07) is 14.9. The number of hydrogen-bond donors (Lipinski definition) is 2. The van der Waals surface area contributed by atoms with Gasteiger partial charge in [-0.3, -0.25) is 9.52 Å². The lowest BCUT2D eigenvalue weighted by atomic mass is 10.1. The predicted molar refractivity (Wildman–Crippen MR) is 112 cm³/mol. The minimum Gasteiger partial charge on any atom is -0.441 e. The van der Waals surface area contributed by atoms with Gasteiger partial charge in [0.2, 0.25) is 15.9 Å². The minimum atomic E-state index is -3.39. The third-order valence-corrected chi connectivity index (χ3v) is 4.84. The second-order valence-electron chi connectivity index (χ2n) is 6.79. The minimum absolute atomic E-state index is 0.172. The van der Waals surface area contributed by atoms with Gasteiger partial charge in [0.25, 0.3) is 0 Å². The van der Waals surface area contributed by atoms with Gasteiger partial charge in [-0.05, 0) is 18.6 Å². The first-order valence-corrected chi connectivity index (χ1v) is 11.0. The van der Waals surface area contributed by atoms with E-state index in [0.717, 1.165) is 11.8 Å². The Bertz CT molecular complexity index is 1090. The first-order chi connectivity index (χ1) is 13.8. The lowest BCUT2D eigenvalue weighted by molar-refractivity contribution is -0.121. The molecule has 0 atom stereocenters. The van der Waals surface area contributed by atoms with Crippen molar-refractivity contribution in [3.63, 3.8) is 0 Å². The fraction of sp³-hybridized carbons (Fsp3) is 0.238. The summed E-state index contributed by atoms with van der Waals surface area (Å²) in [5.41, 5.74) is 3.24. The van der Waals surface area contributed by atoms with E-state index in [4.69, 9.17) is 4.42 Å². The van der Waals surface area contributed by atoms with Crippen molar-refractivity contribution in [3.8, 4) is 11.3 Å². The molecule has 3 aromatic rings. The van der Waals surface area contributed by atoms with Gasteiger partial charge >= 0.3 is 0 Å². The molecule has 1 amide bonds. The summed E-state index contributed by atoms with van der Waals surface area (Å²) in [6.45, 7) is 2.24. The number of rotatable bonds is 8. The highest BCUT2D eigenvalue weighted by Gasteiger charge is 2.11. The van der Waals surface area contributed by atoms with E-state index in [1.807, 2.05) is 31.2 Å². The van der Waals surface area contributed by atoms with Crippen LogP contribution >= 0.6 is 0 Å². The van der Waals surface area contributed by atoms with Crippen molar-refractivity contribution in [2.24, 2.45) is 0 Å². The molecule has 1 heterocycles. The summed E-state index contributed by atoms with van der Waals surface area (Å²) >= 11 is 0. The number of amides is 1. The molecule has 2 aromatic carbocycles. The summed E-state index contributed by atoms with van der Waals surface area (Å²) < 4.78 is 31.1. The normalized spacial score (nSPS) is 11.2. The van der Waals surface area contributed by atoms with Crippen LogP contribution < -0.4 is 10.0 Å². The van der Waals surface area contributed by atoms with Gasteiger partial charge in [-0.1, -0.05) is 48.0 Å². The highest BCUT2D eigenvalue weighted by molar-refractivity contribution is 7.92. The van der Waals surface area contributed by atoms with E-state index in [0.29, 0.717) is 29.3 Å². The lowest BCUT2D eigenvalue weighted by Gasteiger charge is -2.11. The number of para-hydroxylation sites is 1. The largest absolute Gasteiger partial charge is 0.441 e. The van der Waals surface area contributed by atoms with E-state index in [-0.39, 0.29) is 18.9 Å². The third-order valence-electron chi connectivity index (χ3n) is 4.24. The Labute approximate surface area is 170 Å². The van der Waals surface area contributed by atoms with Crippen LogP contribution in [0.5, 0.6) is 0 Å². The Morgan fingerprint density at radius 1 is 1.10 bits per heavy atom. The van der Waals surface area contributed by atoms with Crippen molar-refractivity contribution in [1.29, 1.82) is 0 Å². The molecular formula is C21H23N3O4S. The molecule has 0 saturated heterocycles. The van der Waals surface area contributed by atoms with Crippen LogP contribution in [-0.4, -0.2) is 25.6 Å². The van der Waals surface area contributed by atoms with Gasteiger partial charge in [0.1, 0.15) is 0 Å². The van der Waals surface area contributed by atoms with E-state index in [2.05, 4.69) is 15.0 Å². The molecule has 0 radical (unpaired) electrons. The molecule has 0 aliphatic rings. The Morgan fingerprint density at radius 3 is 2.55 bits per heavy atom. The SMILES string of the molecule is Cc1ccc(-c2cnc(CCC(=O)NCc3ccccc3NS(C)(=O)=O)o2)cc1. The molecule has 0 saturated carbocycles. The van der Waals surface area contributed by atoms with Crippen molar-refractivity contribution in [2.75, 3.05) is 11.0 Å². The molecule has 152 valence electrons. The average molecular weight is 413 g/mol. The van der Waals surface area contributed by atoms with Gasteiger partial charge in [0.15, 0.2) is 11.7 Å². The first-order valence-electron chi connectivity index (χ1n) is 9.14. The third kappa shape index (κ3) is 6.18. The molecular weight excluding hydrogens is 390 g/mol. The van der Waals surface area contributed by atoms with E-state index in [1.54, 1.807) is 30.5 Å². The van der Waals surface area contributed by atoms with Crippen LogP contribution in [-0.2, 0) is 27.8 Å². The molecule has 29 heavy (non-hydrogen) atoms. The van der Waals surface area contributed by atoms with Gasteiger partial charge in [0, 0.05) is 24.9 Å². The number of aryl methyl sites for hydroxylation is 2.